The molecular formula is C17H19N. The van der Waals surface area contributed by atoms with Gasteiger partial charge in [-0.25, -0.2) is 0 Å². The second-order valence-corrected chi connectivity index (χ2v) is 4.46. The molecule has 0 amide bonds. The molecule has 0 aliphatic rings. The SMILES string of the molecule is C/C=C/C=C(\C)Nc1ccc2ccccc2c1C. The van der Waals surface area contributed by atoms with Crippen LogP contribution >= 0.6 is 0 Å². The zero-order chi connectivity index (χ0) is 13.0. The van der Waals surface area contributed by atoms with E-state index < -0.39 is 0 Å². The van der Waals surface area contributed by atoms with E-state index >= 15 is 0 Å². The number of anilines is 1. The summed E-state index contributed by atoms with van der Waals surface area (Å²) in [6, 6.07) is 12.8. The van der Waals surface area contributed by atoms with Crippen LogP contribution in [0, 0.1) is 6.92 Å². The molecule has 1 N–H and O–H groups in total. The lowest BCUT2D eigenvalue weighted by Gasteiger charge is -2.12. The van der Waals surface area contributed by atoms with Gasteiger partial charge in [0.1, 0.15) is 0 Å². The quantitative estimate of drug-likeness (QED) is 0.737. The van der Waals surface area contributed by atoms with E-state index in [9.17, 15) is 0 Å². The first-order valence-electron chi connectivity index (χ1n) is 6.27. The number of fused-ring (bicyclic) bond motifs is 1. The average molecular weight is 237 g/mol. The zero-order valence-electron chi connectivity index (χ0n) is 11.2. The van der Waals surface area contributed by atoms with Gasteiger partial charge in [0, 0.05) is 11.4 Å². The third kappa shape index (κ3) is 2.62. The van der Waals surface area contributed by atoms with Gasteiger partial charge in [-0.05, 0) is 49.2 Å². The predicted octanol–water partition coefficient (Wildman–Crippen LogP) is 5.04. The van der Waals surface area contributed by atoms with Crippen LogP contribution < -0.4 is 5.32 Å². The Bertz CT molecular complexity index is 606. The van der Waals surface area contributed by atoms with Crippen molar-refractivity contribution >= 4 is 16.5 Å². The average Bonchev–Trinajstić information content (AvgIpc) is 2.40. The van der Waals surface area contributed by atoms with Crippen LogP contribution in [0.5, 0.6) is 0 Å². The van der Waals surface area contributed by atoms with Crippen LogP contribution in [0.15, 0.2) is 60.3 Å². The molecule has 0 heterocycles. The third-order valence-corrected chi connectivity index (χ3v) is 3.07. The van der Waals surface area contributed by atoms with Gasteiger partial charge in [-0.1, -0.05) is 42.5 Å². The Kier molecular flexibility index (Phi) is 3.83. The molecule has 92 valence electrons. The molecule has 0 spiro atoms. The molecule has 0 radical (unpaired) electrons. The monoisotopic (exact) mass is 237 g/mol. The number of rotatable bonds is 3. The van der Waals surface area contributed by atoms with Crippen LogP contribution in [0.3, 0.4) is 0 Å². The Morgan fingerprint density at radius 2 is 1.89 bits per heavy atom. The fourth-order valence-corrected chi connectivity index (χ4v) is 2.06. The van der Waals surface area contributed by atoms with E-state index in [0.717, 1.165) is 5.70 Å². The van der Waals surface area contributed by atoms with Gasteiger partial charge >= 0.3 is 0 Å². The van der Waals surface area contributed by atoms with Gasteiger partial charge in [0.2, 0.25) is 0 Å². The van der Waals surface area contributed by atoms with E-state index in [1.165, 1.54) is 22.0 Å². The molecule has 0 aliphatic heterocycles. The van der Waals surface area contributed by atoms with E-state index in [1.54, 1.807) is 0 Å². The van der Waals surface area contributed by atoms with Gasteiger partial charge < -0.3 is 5.32 Å². The van der Waals surface area contributed by atoms with Crippen molar-refractivity contribution in [1.29, 1.82) is 0 Å². The number of hydrogen-bond donors (Lipinski definition) is 1. The van der Waals surface area contributed by atoms with Gasteiger partial charge in [0.05, 0.1) is 0 Å². The van der Waals surface area contributed by atoms with E-state index in [0.29, 0.717) is 0 Å². The van der Waals surface area contributed by atoms with Gasteiger partial charge in [-0.3, -0.25) is 0 Å². The topological polar surface area (TPSA) is 12.0 Å². The van der Waals surface area contributed by atoms with E-state index in [2.05, 4.69) is 61.6 Å². The Balaban J connectivity index is 2.38. The van der Waals surface area contributed by atoms with Crippen molar-refractivity contribution in [3.05, 3.63) is 65.9 Å². The van der Waals surface area contributed by atoms with Crippen molar-refractivity contribution in [2.75, 3.05) is 5.32 Å². The summed E-state index contributed by atoms with van der Waals surface area (Å²) in [6.45, 7) is 6.26. The molecule has 1 nitrogen and oxygen atoms in total. The highest BCUT2D eigenvalue weighted by atomic mass is 14.9. The van der Waals surface area contributed by atoms with Crippen molar-refractivity contribution in [1.82, 2.24) is 0 Å². The van der Waals surface area contributed by atoms with E-state index in [4.69, 9.17) is 0 Å². The number of aryl methyl sites for hydroxylation is 1. The number of benzene rings is 2. The second kappa shape index (κ2) is 5.54. The molecule has 0 atom stereocenters. The van der Waals surface area contributed by atoms with Gasteiger partial charge in [0.25, 0.3) is 0 Å². The van der Waals surface area contributed by atoms with Gasteiger partial charge in [-0.15, -0.1) is 0 Å². The van der Waals surface area contributed by atoms with Crippen LogP contribution in [-0.4, -0.2) is 0 Å². The van der Waals surface area contributed by atoms with Gasteiger partial charge in [-0.2, -0.15) is 0 Å². The summed E-state index contributed by atoms with van der Waals surface area (Å²) in [5, 5.41) is 6.04. The van der Waals surface area contributed by atoms with Crippen molar-refractivity contribution in [2.45, 2.75) is 20.8 Å². The Hall–Kier alpha value is -2.02. The predicted molar refractivity (Wildman–Crippen MR) is 80.9 cm³/mol. The number of nitrogens with one attached hydrogen (secondary N) is 1. The maximum absolute atomic E-state index is 3.45. The largest absolute Gasteiger partial charge is 0.359 e. The first-order valence-corrected chi connectivity index (χ1v) is 6.27. The summed E-state index contributed by atoms with van der Waals surface area (Å²) in [4.78, 5) is 0. The maximum Gasteiger partial charge on any atom is 0.0417 e. The molecular weight excluding hydrogens is 218 g/mol. The molecule has 2 rings (SSSR count). The van der Waals surface area contributed by atoms with Crippen LogP contribution in [0.25, 0.3) is 10.8 Å². The molecule has 0 aliphatic carbocycles. The minimum Gasteiger partial charge on any atom is -0.359 e. The summed E-state index contributed by atoms with van der Waals surface area (Å²) in [7, 11) is 0. The maximum atomic E-state index is 3.45. The molecule has 0 aromatic heterocycles. The van der Waals surface area contributed by atoms with Crippen molar-refractivity contribution in [3.8, 4) is 0 Å². The molecule has 18 heavy (non-hydrogen) atoms. The Morgan fingerprint density at radius 1 is 1.11 bits per heavy atom. The van der Waals surface area contributed by atoms with Crippen LogP contribution in [0.1, 0.15) is 19.4 Å². The zero-order valence-corrected chi connectivity index (χ0v) is 11.2. The van der Waals surface area contributed by atoms with E-state index in [1.807, 2.05) is 19.1 Å². The van der Waals surface area contributed by atoms with Crippen LogP contribution in [0.2, 0.25) is 0 Å². The summed E-state index contributed by atoms with van der Waals surface area (Å²) in [6.07, 6.45) is 6.14. The summed E-state index contributed by atoms with van der Waals surface area (Å²) >= 11 is 0. The summed E-state index contributed by atoms with van der Waals surface area (Å²) in [5.41, 5.74) is 3.61. The lowest BCUT2D eigenvalue weighted by Crippen LogP contribution is -1.97. The van der Waals surface area contributed by atoms with E-state index in [-0.39, 0.29) is 0 Å². The molecule has 0 saturated heterocycles. The summed E-state index contributed by atoms with van der Waals surface area (Å²) in [5.74, 6) is 0. The molecule has 2 aromatic carbocycles. The molecule has 0 unspecified atom stereocenters. The number of allylic oxidation sites excluding steroid dienone is 4. The fraction of sp³-hybridized carbons (Fsp3) is 0.176. The molecule has 0 saturated carbocycles. The van der Waals surface area contributed by atoms with Crippen molar-refractivity contribution in [3.63, 3.8) is 0 Å². The second-order valence-electron chi connectivity index (χ2n) is 4.46. The summed E-state index contributed by atoms with van der Waals surface area (Å²) < 4.78 is 0. The number of hydrogen-bond acceptors (Lipinski definition) is 1. The fourth-order valence-electron chi connectivity index (χ4n) is 2.06. The highest BCUT2D eigenvalue weighted by Crippen LogP contribution is 2.26. The smallest absolute Gasteiger partial charge is 0.0417 e. The lowest BCUT2D eigenvalue weighted by molar-refractivity contribution is 1.35. The van der Waals surface area contributed by atoms with Crippen molar-refractivity contribution < 1.29 is 0 Å². The molecule has 1 heteroatoms. The first-order chi connectivity index (χ1) is 8.72. The van der Waals surface area contributed by atoms with Gasteiger partial charge in [0.15, 0.2) is 0 Å². The first kappa shape index (κ1) is 12.4. The van der Waals surface area contributed by atoms with Crippen LogP contribution in [-0.2, 0) is 0 Å². The Labute approximate surface area is 109 Å². The lowest BCUT2D eigenvalue weighted by atomic mass is 10.0. The third-order valence-electron chi connectivity index (χ3n) is 3.07. The molecule has 2 aromatic rings. The molecule has 0 fully saturated rings. The highest BCUT2D eigenvalue weighted by Gasteiger charge is 2.02. The minimum atomic E-state index is 1.14. The minimum absolute atomic E-state index is 1.14. The van der Waals surface area contributed by atoms with Crippen molar-refractivity contribution in [2.24, 2.45) is 0 Å². The van der Waals surface area contributed by atoms with Crippen LogP contribution in [0.4, 0.5) is 5.69 Å². The Morgan fingerprint density at radius 3 is 2.67 bits per heavy atom. The standard InChI is InChI=1S/C17H19N/c1-4-5-8-13(2)18-17-12-11-15-9-6-7-10-16(15)14(17)3/h4-12,18H,1-3H3/b5-4+,13-8+. The highest BCUT2D eigenvalue weighted by molar-refractivity contribution is 5.90. The molecule has 0 bridgehead atoms. The normalized spacial score (nSPS) is 12.3.